The van der Waals surface area contributed by atoms with E-state index in [1.165, 1.54) is 12.7 Å². The van der Waals surface area contributed by atoms with E-state index in [1.807, 2.05) is 20.8 Å². The van der Waals surface area contributed by atoms with Crippen molar-refractivity contribution in [3.05, 3.63) is 11.1 Å². The van der Waals surface area contributed by atoms with Crippen molar-refractivity contribution in [2.45, 2.75) is 45.6 Å². The summed E-state index contributed by atoms with van der Waals surface area (Å²) in [5.74, 6) is 0.133. The molecule has 1 fully saturated rings. The van der Waals surface area contributed by atoms with E-state index in [-0.39, 0.29) is 12.1 Å². The van der Waals surface area contributed by atoms with Gasteiger partial charge in [0, 0.05) is 31.8 Å². The Labute approximate surface area is 144 Å². The zero-order valence-corrected chi connectivity index (χ0v) is 15.6. The van der Waals surface area contributed by atoms with E-state index in [9.17, 15) is 9.59 Å². The molecule has 0 aromatic carbocycles. The topological polar surface area (TPSA) is 59.1 Å². The fourth-order valence-electron chi connectivity index (χ4n) is 3.40. The summed E-state index contributed by atoms with van der Waals surface area (Å²) in [6.45, 7) is 8.66. The van der Waals surface area contributed by atoms with Gasteiger partial charge in [0.2, 0.25) is 0 Å². The Bertz CT molecular complexity index is 514. The summed E-state index contributed by atoms with van der Waals surface area (Å²) in [6, 6.07) is 0. The highest BCUT2D eigenvalue weighted by atomic mass is 16.6. The Morgan fingerprint density at radius 2 is 1.75 bits per heavy atom. The predicted octanol–water partition coefficient (Wildman–Crippen LogP) is 2.44. The molecule has 6 nitrogen and oxygen atoms in total. The molecule has 2 aliphatic rings. The zero-order chi connectivity index (χ0) is 17.9. The number of hydrogen-bond donors (Lipinski definition) is 0. The number of piperidine rings is 1. The molecule has 0 aromatic heterocycles. The van der Waals surface area contributed by atoms with Gasteiger partial charge >= 0.3 is 12.1 Å². The van der Waals surface area contributed by atoms with Crippen molar-refractivity contribution in [2.75, 3.05) is 40.3 Å². The highest BCUT2D eigenvalue weighted by Gasteiger charge is 2.32. The van der Waals surface area contributed by atoms with E-state index in [1.54, 1.807) is 4.90 Å². The summed E-state index contributed by atoms with van der Waals surface area (Å²) >= 11 is 0. The third-order valence-corrected chi connectivity index (χ3v) is 4.64. The number of carbonyl (C=O) groups is 2. The van der Waals surface area contributed by atoms with Crippen LogP contribution in [0, 0.1) is 5.92 Å². The Hall–Kier alpha value is -1.56. The number of nitrogens with zero attached hydrogens (tertiary/aromatic N) is 2. The molecule has 0 aliphatic carbocycles. The van der Waals surface area contributed by atoms with Crippen molar-refractivity contribution in [2.24, 2.45) is 5.92 Å². The van der Waals surface area contributed by atoms with Crippen molar-refractivity contribution in [1.82, 2.24) is 9.80 Å². The maximum Gasteiger partial charge on any atom is 0.410 e. The van der Waals surface area contributed by atoms with Crippen LogP contribution >= 0.6 is 0 Å². The monoisotopic (exact) mass is 338 g/mol. The first kappa shape index (κ1) is 18.8. The van der Waals surface area contributed by atoms with Crippen molar-refractivity contribution in [3.63, 3.8) is 0 Å². The van der Waals surface area contributed by atoms with Gasteiger partial charge in [-0.25, -0.2) is 9.59 Å². The number of carbonyl (C=O) groups excluding carboxylic acids is 2. The molecule has 2 aliphatic heterocycles. The standard InChI is InChI=1S/C18H30N2O4/c1-18(2,3)24-17(22)20-10-6-13(7-11-20)15-12-19(4)9-8-14(15)16(21)23-5/h13H,6-12H2,1-5H3. The molecule has 2 rings (SSSR count). The summed E-state index contributed by atoms with van der Waals surface area (Å²) in [6.07, 6.45) is 2.22. The van der Waals surface area contributed by atoms with Crippen LogP contribution in [0.4, 0.5) is 4.79 Å². The molecule has 0 bridgehead atoms. The molecule has 0 saturated carbocycles. The zero-order valence-electron chi connectivity index (χ0n) is 15.6. The minimum Gasteiger partial charge on any atom is -0.466 e. The summed E-state index contributed by atoms with van der Waals surface area (Å²) in [4.78, 5) is 28.3. The van der Waals surface area contributed by atoms with Crippen LogP contribution < -0.4 is 0 Å². The maximum absolute atomic E-state index is 12.2. The molecule has 2 heterocycles. The van der Waals surface area contributed by atoms with E-state index >= 15 is 0 Å². The van der Waals surface area contributed by atoms with E-state index in [4.69, 9.17) is 9.47 Å². The average Bonchev–Trinajstić information content (AvgIpc) is 2.52. The van der Waals surface area contributed by atoms with Gasteiger partial charge in [0.15, 0.2) is 0 Å². The van der Waals surface area contributed by atoms with E-state index in [2.05, 4.69) is 11.9 Å². The molecule has 0 spiro atoms. The smallest absolute Gasteiger partial charge is 0.410 e. The van der Waals surface area contributed by atoms with E-state index < -0.39 is 5.60 Å². The lowest BCUT2D eigenvalue weighted by molar-refractivity contribution is -0.136. The third kappa shape index (κ3) is 4.72. The number of likely N-dealkylation sites (N-methyl/N-ethyl adjacent to an activating group) is 1. The van der Waals surface area contributed by atoms with Crippen LogP contribution in [-0.4, -0.2) is 67.8 Å². The van der Waals surface area contributed by atoms with Crippen LogP contribution in [0.15, 0.2) is 11.1 Å². The predicted molar refractivity (Wildman–Crippen MR) is 91.7 cm³/mol. The number of esters is 1. The second-order valence-electron chi connectivity index (χ2n) is 7.72. The highest BCUT2D eigenvalue weighted by molar-refractivity contribution is 5.89. The first-order valence-electron chi connectivity index (χ1n) is 8.68. The summed E-state index contributed by atoms with van der Waals surface area (Å²) < 4.78 is 10.4. The second kappa shape index (κ2) is 7.55. The fraction of sp³-hybridized carbons (Fsp3) is 0.778. The SMILES string of the molecule is COC(=O)C1=C(C2CCN(C(=O)OC(C)(C)C)CC2)CN(C)CC1. The number of amides is 1. The summed E-state index contributed by atoms with van der Waals surface area (Å²) in [5, 5.41) is 0. The second-order valence-corrected chi connectivity index (χ2v) is 7.72. The van der Waals surface area contributed by atoms with Crippen LogP contribution in [0.25, 0.3) is 0 Å². The van der Waals surface area contributed by atoms with Gasteiger partial charge in [-0.2, -0.15) is 0 Å². The minimum absolute atomic E-state index is 0.201. The Kier molecular flexibility index (Phi) is 5.91. The lowest BCUT2D eigenvalue weighted by atomic mass is 9.83. The molecule has 6 heteroatoms. The van der Waals surface area contributed by atoms with Crippen LogP contribution in [0.2, 0.25) is 0 Å². The number of likely N-dealkylation sites (tertiary alicyclic amines) is 1. The molecule has 0 unspecified atom stereocenters. The molecule has 0 radical (unpaired) electrons. The Balaban J connectivity index is 2.03. The number of ether oxygens (including phenoxy) is 2. The Morgan fingerprint density at radius 1 is 1.12 bits per heavy atom. The maximum atomic E-state index is 12.2. The molecular weight excluding hydrogens is 308 g/mol. The minimum atomic E-state index is -0.472. The molecule has 1 saturated heterocycles. The lowest BCUT2D eigenvalue weighted by Gasteiger charge is -2.37. The van der Waals surface area contributed by atoms with Crippen molar-refractivity contribution >= 4 is 12.1 Å². The largest absolute Gasteiger partial charge is 0.466 e. The van der Waals surface area contributed by atoms with Crippen LogP contribution in [-0.2, 0) is 14.3 Å². The van der Waals surface area contributed by atoms with Crippen LogP contribution in [0.1, 0.15) is 40.0 Å². The first-order valence-corrected chi connectivity index (χ1v) is 8.68. The molecule has 24 heavy (non-hydrogen) atoms. The normalized spacial score (nSPS) is 21.0. The fourth-order valence-corrected chi connectivity index (χ4v) is 3.40. The van der Waals surface area contributed by atoms with Crippen molar-refractivity contribution in [3.8, 4) is 0 Å². The van der Waals surface area contributed by atoms with Gasteiger partial charge in [-0.15, -0.1) is 0 Å². The van der Waals surface area contributed by atoms with Gasteiger partial charge in [-0.1, -0.05) is 0 Å². The third-order valence-electron chi connectivity index (χ3n) is 4.64. The van der Waals surface area contributed by atoms with Crippen LogP contribution in [0.5, 0.6) is 0 Å². The lowest BCUT2D eigenvalue weighted by Crippen LogP contribution is -2.43. The van der Waals surface area contributed by atoms with E-state index in [0.29, 0.717) is 19.0 Å². The van der Waals surface area contributed by atoms with Gasteiger partial charge < -0.3 is 19.3 Å². The van der Waals surface area contributed by atoms with Gasteiger partial charge in [-0.05, 0) is 58.6 Å². The summed E-state index contributed by atoms with van der Waals surface area (Å²) in [5.41, 5.74) is 1.56. The van der Waals surface area contributed by atoms with Crippen molar-refractivity contribution < 1.29 is 19.1 Å². The molecule has 0 N–H and O–H groups in total. The highest BCUT2D eigenvalue weighted by Crippen LogP contribution is 2.32. The first-order chi connectivity index (χ1) is 11.2. The Morgan fingerprint density at radius 3 is 2.29 bits per heavy atom. The van der Waals surface area contributed by atoms with Crippen molar-refractivity contribution in [1.29, 1.82) is 0 Å². The van der Waals surface area contributed by atoms with Gasteiger partial charge in [0.05, 0.1) is 7.11 Å². The average molecular weight is 338 g/mol. The number of rotatable bonds is 2. The van der Waals surface area contributed by atoms with E-state index in [0.717, 1.165) is 37.9 Å². The molecule has 0 atom stereocenters. The molecule has 136 valence electrons. The van der Waals surface area contributed by atoms with Gasteiger partial charge in [0.25, 0.3) is 0 Å². The molecular formula is C18H30N2O4. The summed E-state index contributed by atoms with van der Waals surface area (Å²) in [7, 11) is 3.51. The van der Waals surface area contributed by atoms with Gasteiger partial charge in [0.1, 0.15) is 5.60 Å². The molecule has 1 amide bonds. The van der Waals surface area contributed by atoms with Crippen LogP contribution in [0.3, 0.4) is 0 Å². The van der Waals surface area contributed by atoms with Gasteiger partial charge in [-0.3, -0.25) is 0 Å². The number of hydrogen-bond acceptors (Lipinski definition) is 5. The molecule has 0 aromatic rings. The number of methoxy groups -OCH3 is 1. The quantitative estimate of drug-likeness (QED) is 0.724.